The Bertz CT molecular complexity index is 465. The lowest BCUT2D eigenvalue weighted by atomic mass is 9.48. The van der Waals surface area contributed by atoms with Gasteiger partial charge in [0.15, 0.2) is 0 Å². The Labute approximate surface area is 146 Å². The van der Waals surface area contributed by atoms with E-state index in [1.165, 1.54) is 0 Å². The average Bonchev–Trinajstić information content (AvgIpc) is 2.79. The summed E-state index contributed by atoms with van der Waals surface area (Å²) in [6.07, 6.45) is 5.86. The maximum Gasteiger partial charge on any atom is 0.0675 e. The molecule has 0 aromatic carbocycles. The molecule has 0 saturated heterocycles. The molecule has 24 heavy (non-hydrogen) atoms. The van der Waals surface area contributed by atoms with Crippen molar-refractivity contribution in [2.45, 2.75) is 77.4 Å². The highest BCUT2D eigenvalue weighted by molar-refractivity contribution is 5.11. The van der Waals surface area contributed by atoms with E-state index in [9.17, 15) is 20.4 Å². The van der Waals surface area contributed by atoms with E-state index in [1.807, 2.05) is 6.92 Å². The van der Waals surface area contributed by atoms with Crippen molar-refractivity contribution in [1.82, 2.24) is 0 Å². The first-order valence-corrected chi connectivity index (χ1v) is 9.82. The number of aliphatic hydroxyl groups excluding tert-OH is 3. The van der Waals surface area contributed by atoms with Crippen LogP contribution in [0.2, 0.25) is 0 Å². The second-order valence-electron chi connectivity index (χ2n) is 9.64. The molecule has 4 N–H and O–H groups in total. The zero-order valence-electron chi connectivity index (χ0n) is 15.5. The number of hydrogen-bond donors (Lipinski definition) is 4. The summed E-state index contributed by atoms with van der Waals surface area (Å²) in [7, 11) is 0. The number of rotatable bonds is 3. The highest BCUT2D eigenvalue weighted by Gasteiger charge is 2.61. The van der Waals surface area contributed by atoms with E-state index < -0.39 is 5.60 Å². The molecule has 4 nitrogen and oxygen atoms in total. The minimum Gasteiger partial charge on any atom is -0.396 e. The third kappa shape index (κ3) is 2.56. The Balaban J connectivity index is 1.90. The normalized spacial score (nSPS) is 55.4. The van der Waals surface area contributed by atoms with E-state index in [0.29, 0.717) is 18.3 Å². The predicted molar refractivity (Wildman–Crippen MR) is 93.3 cm³/mol. The first kappa shape index (κ1) is 18.6. The molecule has 4 heteroatoms. The standard InChI is InChI=1S/C20H36O4/c1-18(7-4-14(23)10-13(18)11-21)16-5-8-19(2)17(15(16)12-22)6-9-20(19,3)24/h13-17,21-24H,4-12H2,1-3H3/t13-,14+,15-,16+,17+,18+,19+,20+/m1/s1. The van der Waals surface area contributed by atoms with Crippen LogP contribution >= 0.6 is 0 Å². The molecule has 8 atom stereocenters. The molecule has 0 heterocycles. The lowest BCUT2D eigenvalue weighted by molar-refractivity contribution is -0.144. The van der Waals surface area contributed by atoms with Crippen LogP contribution in [0.3, 0.4) is 0 Å². The molecule has 0 aliphatic heterocycles. The minimum atomic E-state index is -0.643. The fraction of sp³-hybridized carbons (Fsp3) is 1.00. The monoisotopic (exact) mass is 340 g/mol. The number of aliphatic hydroxyl groups is 4. The molecule has 3 saturated carbocycles. The van der Waals surface area contributed by atoms with Gasteiger partial charge in [-0.25, -0.2) is 0 Å². The quantitative estimate of drug-likeness (QED) is 0.636. The van der Waals surface area contributed by atoms with Gasteiger partial charge in [-0.3, -0.25) is 0 Å². The van der Waals surface area contributed by atoms with Crippen LogP contribution in [0, 0.1) is 34.5 Å². The average molecular weight is 341 g/mol. The first-order valence-electron chi connectivity index (χ1n) is 9.82. The fourth-order valence-electron chi connectivity index (χ4n) is 6.77. The lowest BCUT2D eigenvalue weighted by Crippen LogP contribution is -2.55. The zero-order valence-corrected chi connectivity index (χ0v) is 15.5. The van der Waals surface area contributed by atoms with Crippen molar-refractivity contribution in [3.8, 4) is 0 Å². The lowest BCUT2D eigenvalue weighted by Gasteiger charge is -2.57. The van der Waals surface area contributed by atoms with Gasteiger partial charge in [0, 0.05) is 13.2 Å². The molecule has 0 unspecified atom stereocenters. The molecule has 3 aliphatic carbocycles. The Morgan fingerprint density at radius 3 is 2.17 bits per heavy atom. The van der Waals surface area contributed by atoms with Crippen molar-refractivity contribution >= 4 is 0 Å². The van der Waals surface area contributed by atoms with Crippen LogP contribution in [0.1, 0.15) is 65.7 Å². The van der Waals surface area contributed by atoms with Gasteiger partial charge in [0.1, 0.15) is 0 Å². The van der Waals surface area contributed by atoms with E-state index in [1.54, 1.807) is 0 Å². The van der Waals surface area contributed by atoms with E-state index >= 15 is 0 Å². The summed E-state index contributed by atoms with van der Waals surface area (Å²) >= 11 is 0. The van der Waals surface area contributed by atoms with Gasteiger partial charge in [-0.2, -0.15) is 0 Å². The van der Waals surface area contributed by atoms with Crippen molar-refractivity contribution < 1.29 is 20.4 Å². The van der Waals surface area contributed by atoms with Gasteiger partial charge in [0.2, 0.25) is 0 Å². The molecule has 3 fully saturated rings. The van der Waals surface area contributed by atoms with Crippen LogP contribution in [-0.4, -0.2) is 45.3 Å². The topological polar surface area (TPSA) is 80.9 Å². The van der Waals surface area contributed by atoms with Gasteiger partial charge in [0.25, 0.3) is 0 Å². The second-order valence-corrected chi connectivity index (χ2v) is 9.64. The maximum absolute atomic E-state index is 10.9. The summed E-state index contributed by atoms with van der Waals surface area (Å²) in [5, 5.41) is 41.1. The summed E-state index contributed by atoms with van der Waals surface area (Å²) in [5.41, 5.74) is -0.788. The SMILES string of the molecule is C[C@]1([C@H]2CC[C@@]3(C)[C@@H](CC[C@]3(C)O)[C@@H]2CO)CC[C@H](O)C[C@@H]1CO. The highest BCUT2D eigenvalue weighted by Crippen LogP contribution is 2.64. The van der Waals surface area contributed by atoms with Crippen molar-refractivity contribution in [3.63, 3.8) is 0 Å². The summed E-state index contributed by atoms with van der Waals surface area (Å²) in [4.78, 5) is 0. The number of fused-ring (bicyclic) bond motifs is 1. The molecule has 0 amide bonds. The van der Waals surface area contributed by atoms with Gasteiger partial charge in [-0.1, -0.05) is 13.8 Å². The summed E-state index contributed by atoms with van der Waals surface area (Å²) in [5.74, 6) is 0.997. The van der Waals surface area contributed by atoms with Crippen LogP contribution in [-0.2, 0) is 0 Å². The molecule has 0 aromatic heterocycles. The molecule has 0 aromatic rings. The molecular formula is C20H36O4. The predicted octanol–water partition coefficient (Wildman–Crippen LogP) is 2.33. The van der Waals surface area contributed by atoms with Crippen LogP contribution in [0.5, 0.6) is 0 Å². The second kappa shape index (κ2) is 6.22. The van der Waals surface area contributed by atoms with Gasteiger partial charge in [-0.05, 0) is 86.4 Å². The van der Waals surface area contributed by atoms with E-state index in [0.717, 1.165) is 38.5 Å². The highest BCUT2D eigenvalue weighted by atomic mass is 16.3. The van der Waals surface area contributed by atoms with E-state index in [2.05, 4.69) is 13.8 Å². The minimum absolute atomic E-state index is 0.0306. The summed E-state index contributed by atoms with van der Waals surface area (Å²) in [6, 6.07) is 0. The largest absolute Gasteiger partial charge is 0.396 e. The van der Waals surface area contributed by atoms with E-state index in [-0.39, 0.29) is 42.0 Å². The van der Waals surface area contributed by atoms with Crippen LogP contribution in [0.4, 0.5) is 0 Å². The molecule has 0 spiro atoms. The zero-order chi connectivity index (χ0) is 17.8. The molecule has 3 aliphatic rings. The maximum atomic E-state index is 10.9. The van der Waals surface area contributed by atoms with Gasteiger partial charge < -0.3 is 20.4 Å². The Hall–Kier alpha value is -0.160. The van der Waals surface area contributed by atoms with Gasteiger partial charge in [0.05, 0.1) is 11.7 Å². The van der Waals surface area contributed by atoms with Crippen LogP contribution in [0.15, 0.2) is 0 Å². The molecular weight excluding hydrogens is 304 g/mol. The van der Waals surface area contributed by atoms with Crippen molar-refractivity contribution in [2.24, 2.45) is 34.5 Å². The fourth-order valence-corrected chi connectivity index (χ4v) is 6.77. The Morgan fingerprint density at radius 1 is 0.875 bits per heavy atom. The van der Waals surface area contributed by atoms with E-state index in [4.69, 9.17) is 0 Å². The van der Waals surface area contributed by atoms with Gasteiger partial charge >= 0.3 is 0 Å². The first-order chi connectivity index (χ1) is 11.2. The number of hydrogen-bond acceptors (Lipinski definition) is 4. The third-order valence-electron chi connectivity index (χ3n) is 8.78. The molecule has 140 valence electrons. The van der Waals surface area contributed by atoms with Crippen molar-refractivity contribution in [3.05, 3.63) is 0 Å². The molecule has 0 radical (unpaired) electrons. The van der Waals surface area contributed by atoms with Crippen molar-refractivity contribution in [2.75, 3.05) is 13.2 Å². The van der Waals surface area contributed by atoms with Crippen LogP contribution < -0.4 is 0 Å². The third-order valence-corrected chi connectivity index (χ3v) is 8.78. The Kier molecular flexibility index (Phi) is 4.83. The van der Waals surface area contributed by atoms with Gasteiger partial charge in [-0.15, -0.1) is 0 Å². The van der Waals surface area contributed by atoms with Crippen molar-refractivity contribution in [1.29, 1.82) is 0 Å². The summed E-state index contributed by atoms with van der Waals surface area (Å²) < 4.78 is 0. The molecule has 0 bridgehead atoms. The summed E-state index contributed by atoms with van der Waals surface area (Å²) in [6.45, 7) is 6.72. The molecule has 3 rings (SSSR count). The Morgan fingerprint density at radius 2 is 1.54 bits per heavy atom. The van der Waals surface area contributed by atoms with Crippen LogP contribution in [0.25, 0.3) is 0 Å². The smallest absolute Gasteiger partial charge is 0.0675 e.